The number of amides is 1. The van der Waals surface area contributed by atoms with Crippen molar-refractivity contribution in [2.45, 2.75) is 38.8 Å². The van der Waals surface area contributed by atoms with Crippen molar-refractivity contribution in [2.75, 3.05) is 0 Å². The van der Waals surface area contributed by atoms with Crippen molar-refractivity contribution < 1.29 is 18.7 Å². The van der Waals surface area contributed by atoms with Crippen molar-refractivity contribution in [3.8, 4) is 0 Å². The van der Waals surface area contributed by atoms with Crippen LogP contribution in [0.2, 0.25) is 0 Å². The van der Waals surface area contributed by atoms with E-state index in [4.69, 9.17) is 10.8 Å². The van der Waals surface area contributed by atoms with Crippen LogP contribution in [-0.4, -0.2) is 32.1 Å². The van der Waals surface area contributed by atoms with E-state index in [1.807, 2.05) is 0 Å². The van der Waals surface area contributed by atoms with E-state index in [9.17, 15) is 13.6 Å². The molecule has 0 aliphatic rings. The predicted octanol–water partition coefficient (Wildman–Crippen LogP) is 0.476. The minimum Gasteiger partial charge on any atom is -0.393 e. The molecule has 1 atom stereocenters. The molecule has 1 aromatic heterocycles. The molecule has 0 saturated carbocycles. The first-order chi connectivity index (χ1) is 7.93. The van der Waals surface area contributed by atoms with Gasteiger partial charge in [-0.05, 0) is 19.8 Å². The fourth-order valence-corrected chi connectivity index (χ4v) is 1.41. The van der Waals surface area contributed by atoms with Gasteiger partial charge in [0.1, 0.15) is 5.69 Å². The van der Waals surface area contributed by atoms with Crippen LogP contribution in [0.3, 0.4) is 0 Å². The summed E-state index contributed by atoms with van der Waals surface area (Å²) in [4.78, 5) is 10.9. The van der Waals surface area contributed by atoms with Crippen LogP contribution in [0.25, 0.3) is 0 Å². The number of hydrogen-bond donors (Lipinski definition) is 2. The topological polar surface area (TPSA) is 94.0 Å². The second-order valence-corrected chi connectivity index (χ2v) is 3.70. The molecule has 6 nitrogen and oxygen atoms in total. The highest BCUT2D eigenvalue weighted by Crippen LogP contribution is 2.21. The van der Waals surface area contributed by atoms with Crippen molar-refractivity contribution in [2.24, 2.45) is 5.73 Å². The zero-order chi connectivity index (χ0) is 13.0. The van der Waals surface area contributed by atoms with Gasteiger partial charge < -0.3 is 10.8 Å². The van der Waals surface area contributed by atoms with Crippen molar-refractivity contribution in [3.05, 3.63) is 11.4 Å². The third-order valence-corrected chi connectivity index (χ3v) is 2.21. The number of carbonyl (C=O) groups excluding carboxylic acids is 1. The molecule has 0 aliphatic heterocycles. The Hall–Kier alpha value is -1.57. The maximum Gasteiger partial charge on any atom is 0.282 e. The third-order valence-electron chi connectivity index (χ3n) is 2.21. The number of aliphatic hydroxyl groups excluding tert-OH is 1. The number of hydrogen-bond acceptors (Lipinski definition) is 4. The number of aromatic nitrogens is 3. The van der Waals surface area contributed by atoms with Crippen molar-refractivity contribution >= 4 is 5.91 Å². The number of halogens is 2. The summed E-state index contributed by atoms with van der Waals surface area (Å²) in [5.41, 5.74) is 3.85. The molecule has 8 heteroatoms. The van der Waals surface area contributed by atoms with Crippen LogP contribution in [0, 0.1) is 0 Å². The highest BCUT2D eigenvalue weighted by Gasteiger charge is 2.24. The second kappa shape index (κ2) is 5.67. The lowest BCUT2D eigenvalue weighted by molar-refractivity contribution is 0.0976. The molecule has 0 radical (unpaired) electrons. The first kappa shape index (κ1) is 13.5. The van der Waals surface area contributed by atoms with Crippen molar-refractivity contribution in [3.63, 3.8) is 0 Å². The summed E-state index contributed by atoms with van der Waals surface area (Å²) < 4.78 is 26.4. The zero-order valence-corrected chi connectivity index (χ0v) is 9.31. The molecule has 3 N–H and O–H groups in total. The molecular formula is C9H14F2N4O2. The molecule has 0 aliphatic carbocycles. The lowest BCUT2D eigenvalue weighted by Gasteiger charge is -2.07. The van der Waals surface area contributed by atoms with Crippen LogP contribution in [0.1, 0.15) is 42.4 Å². The molecule has 0 bridgehead atoms. The fraction of sp³-hybridized carbons (Fsp3) is 0.667. The Bertz CT molecular complexity index is 392. The van der Waals surface area contributed by atoms with E-state index >= 15 is 0 Å². The van der Waals surface area contributed by atoms with Gasteiger partial charge in [-0.2, -0.15) is 0 Å². The molecule has 0 saturated heterocycles. The van der Waals surface area contributed by atoms with Crippen molar-refractivity contribution in [1.29, 1.82) is 0 Å². The lowest BCUT2D eigenvalue weighted by Crippen LogP contribution is -2.16. The summed E-state index contributed by atoms with van der Waals surface area (Å²) in [6.45, 7) is 1.76. The summed E-state index contributed by atoms with van der Waals surface area (Å²) in [5.74, 6) is -1.03. The number of nitrogens with two attached hydrogens (primary N) is 1. The summed E-state index contributed by atoms with van der Waals surface area (Å²) in [6, 6.07) is 0. The monoisotopic (exact) mass is 248 g/mol. The number of nitrogens with zero attached hydrogens (tertiary/aromatic N) is 3. The summed E-state index contributed by atoms with van der Waals surface area (Å²) >= 11 is 0. The quantitative estimate of drug-likeness (QED) is 0.765. The van der Waals surface area contributed by atoms with E-state index in [0.29, 0.717) is 12.8 Å². The standard InChI is InChI=1S/C9H14F2N4O2/c1-5(16)3-2-4-15-7(8(10)11)6(9(12)17)13-14-15/h5,8,16H,2-4H2,1H3,(H2,12,17). The van der Waals surface area contributed by atoms with Crippen LogP contribution < -0.4 is 5.73 Å². The van der Waals surface area contributed by atoms with E-state index in [0.717, 1.165) is 4.68 Å². The van der Waals surface area contributed by atoms with Gasteiger partial charge in [0.25, 0.3) is 12.3 Å². The minimum absolute atomic E-state index is 0.158. The highest BCUT2D eigenvalue weighted by atomic mass is 19.3. The van der Waals surface area contributed by atoms with Crippen LogP contribution >= 0.6 is 0 Å². The molecule has 1 aromatic rings. The van der Waals surface area contributed by atoms with Gasteiger partial charge in [-0.15, -0.1) is 5.10 Å². The third kappa shape index (κ3) is 3.45. The van der Waals surface area contributed by atoms with E-state index in [-0.39, 0.29) is 6.54 Å². The maximum atomic E-state index is 12.7. The Morgan fingerprint density at radius 1 is 1.59 bits per heavy atom. The van der Waals surface area contributed by atoms with Crippen LogP contribution in [-0.2, 0) is 6.54 Å². The number of rotatable bonds is 6. The van der Waals surface area contributed by atoms with Crippen molar-refractivity contribution in [1.82, 2.24) is 15.0 Å². The number of alkyl halides is 2. The van der Waals surface area contributed by atoms with Crippen LogP contribution in [0.15, 0.2) is 0 Å². The molecule has 0 aromatic carbocycles. The first-order valence-corrected chi connectivity index (χ1v) is 5.13. The molecule has 1 amide bonds. The molecule has 1 heterocycles. The largest absolute Gasteiger partial charge is 0.393 e. The van der Waals surface area contributed by atoms with Gasteiger partial charge in [0.15, 0.2) is 5.69 Å². The second-order valence-electron chi connectivity index (χ2n) is 3.70. The smallest absolute Gasteiger partial charge is 0.282 e. The fourth-order valence-electron chi connectivity index (χ4n) is 1.41. The minimum atomic E-state index is -2.86. The van der Waals surface area contributed by atoms with Gasteiger partial charge in [-0.3, -0.25) is 4.79 Å². The number of carbonyl (C=O) groups is 1. The predicted molar refractivity (Wildman–Crippen MR) is 54.4 cm³/mol. The Morgan fingerprint density at radius 2 is 2.24 bits per heavy atom. The number of primary amides is 1. The maximum absolute atomic E-state index is 12.7. The highest BCUT2D eigenvalue weighted by molar-refractivity contribution is 5.91. The molecule has 1 unspecified atom stereocenters. The van der Waals surface area contributed by atoms with Gasteiger partial charge in [0.2, 0.25) is 0 Å². The van der Waals surface area contributed by atoms with Gasteiger partial charge in [0.05, 0.1) is 6.10 Å². The lowest BCUT2D eigenvalue weighted by atomic mass is 10.2. The Morgan fingerprint density at radius 3 is 2.71 bits per heavy atom. The average molecular weight is 248 g/mol. The molecule has 1 rings (SSSR count). The average Bonchev–Trinajstić information content (AvgIpc) is 2.61. The Kier molecular flexibility index (Phi) is 4.50. The van der Waals surface area contributed by atoms with Crippen LogP contribution in [0.4, 0.5) is 8.78 Å². The van der Waals surface area contributed by atoms with E-state index in [2.05, 4.69) is 10.3 Å². The Labute approximate surface area is 96.4 Å². The van der Waals surface area contributed by atoms with E-state index < -0.39 is 29.8 Å². The van der Waals surface area contributed by atoms with Gasteiger partial charge >= 0.3 is 0 Å². The van der Waals surface area contributed by atoms with Crippen LogP contribution in [0.5, 0.6) is 0 Å². The number of aliphatic hydroxyl groups is 1. The summed E-state index contributed by atoms with van der Waals surface area (Å²) in [7, 11) is 0. The number of aryl methyl sites for hydroxylation is 1. The first-order valence-electron chi connectivity index (χ1n) is 5.13. The van der Waals surface area contributed by atoms with Gasteiger partial charge in [0, 0.05) is 6.54 Å². The van der Waals surface area contributed by atoms with Gasteiger partial charge in [-0.1, -0.05) is 5.21 Å². The molecular weight excluding hydrogens is 234 g/mol. The molecule has 17 heavy (non-hydrogen) atoms. The molecule has 96 valence electrons. The SMILES string of the molecule is CC(O)CCCn1nnc(C(N)=O)c1C(F)F. The van der Waals surface area contributed by atoms with E-state index in [1.165, 1.54) is 0 Å². The van der Waals surface area contributed by atoms with E-state index in [1.54, 1.807) is 6.92 Å². The summed E-state index contributed by atoms with van der Waals surface area (Å²) in [6.07, 6.45) is -2.46. The Balaban J connectivity index is 2.81. The zero-order valence-electron chi connectivity index (χ0n) is 9.31. The van der Waals surface area contributed by atoms with Gasteiger partial charge in [-0.25, -0.2) is 13.5 Å². The normalized spacial score (nSPS) is 13.0. The molecule has 0 fully saturated rings. The summed E-state index contributed by atoms with van der Waals surface area (Å²) in [5, 5.41) is 15.8. The molecule has 0 spiro atoms.